The molecule has 35 heavy (non-hydrogen) atoms. The van der Waals surface area contributed by atoms with Crippen LogP contribution < -0.4 is 19.5 Å². The lowest BCUT2D eigenvalue weighted by Gasteiger charge is -2.22. The third-order valence-electron chi connectivity index (χ3n) is 6.68. The van der Waals surface area contributed by atoms with Crippen LogP contribution in [-0.2, 0) is 13.0 Å². The van der Waals surface area contributed by atoms with Crippen molar-refractivity contribution >= 4 is 16.6 Å². The number of nitrogens with one attached hydrogen (secondary N) is 1. The highest BCUT2D eigenvalue weighted by Crippen LogP contribution is 2.34. The quantitative estimate of drug-likeness (QED) is 0.309. The molecule has 0 spiro atoms. The molecule has 5 rings (SSSR count). The fourth-order valence-electron chi connectivity index (χ4n) is 4.91. The monoisotopic (exact) mass is 474 g/mol. The molecule has 3 N–H and O–H groups in total. The Morgan fingerprint density at radius 1 is 1.06 bits per heavy atom. The number of H-pyrrole nitrogens is 1. The Kier molecular flexibility index (Phi) is 6.05. The molecule has 0 amide bonds. The zero-order valence-electron chi connectivity index (χ0n) is 20.0. The van der Waals surface area contributed by atoms with Gasteiger partial charge in [0, 0.05) is 40.1 Å². The summed E-state index contributed by atoms with van der Waals surface area (Å²) in [4.78, 5) is 14.3. The smallest absolute Gasteiger partial charge is 0.272 e. The van der Waals surface area contributed by atoms with Crippen molar-refractivity contribution in [2.45, 2.75) is 26.0 Å². The first-order chi connectivity index (χ1) is 17.0. The van der Waals surface area contributed by atoms with Gasteiger partial charge in [0.25, 0.3) is 5.69 Å². The lowest BCUT2D eigenvalue weighted by molar-refractivity contribution is -0.690. The average Bonchev–Trinajstić information content (AvgIpc) is 3.25. The van der Waals surface area contributed by atoms with Gasteiger partial charge in [-0.2, -0.15) is 0 Å². The average molecular weight is 475 g/mol. The first-order valence-electron chi connectivity index (χ1n) is 11.5. The first-order valence-corrected chi connectivity index (χ1v) is 11.5. The van der Waals surface area contributed by atoms with Crippen molar-refractivity contribution in [2.24, 2.45) is 0 Å². The molecule has 8 nitrogen and oxygen atoms in total. The summed E-state index contributed by atoms with van der Waals surface area (Å²) >= 11 is 0. The Morgan fingerprint density at radius 2 is 1.89 bits per heavy atom. The number of hydrogen-bond donors (Lipinski definition) is 2. The fraction of sp³-hybridized carbons (Fsp3) is 0.259. The van der Waals surface area contributed by atoms with Gasteiger partial charge in [0.15, 0.2) is 6.04 Å². The van der Waals surface area contributed by atoms with E-state index in [-0.39, 0.29) is 23.3 Å². The second-order valence-corrected chi connectivity index (χ2v) is 8.75. The summed E-state index contributed by atoms with van der Waals surface area (Å²) in [6.07, 6.45) is 0.991. The van der Waals surface area contributed by atoms with Gasteiger partial charge in [-0.15, -0.1) is 0 Å². The van der Waals surface area contributed by atoms with Crippen molar-refractivity contribution in [3.05, 3.63) is 92.7 Å². The molecule has 2 heterocycles. The third-order valence-corrected chi connectivity index (χ3v) is 6.68. The minimum Gasteiger partial charge on any atom is -0.497 e. The number of nitrogens with two attached hydrogens (primary N) is 1. The van der Waals surface area contributed by atoms with E-state index in [0.29, 0.717) is 11.3 Å². The number of hydrogen-bond acceptors (Lipinski definition) is 5. The largest absolute Gasteiger partial charge is 0.497 e. The van der Waals surface area contributed by atoms with Crippen molar-refractivity contribution < 1.29 is 24.5 Å². The Hall–Kier alpha value is -4.04. The molecule has 180 valence electrons. The molecule has 1 aliphatic rings. The van der Waals surface area contributed by atoms with E-state index in [9.17, 15) is 10.1 Å². The van der Waals surface area contributed by atoms with Crippen LogP contribution in [0, 0.1) is 17.0 Å². The van der Waals surface area contributed by atoms with Crippen LogP contribution in [0.3, 0.4) is 0 Å². The molecule has 0 radical (unpaired) electrons. The molecule has 1 aromatic heterocycles. The van der Waals surface area contributed by atoms with Crippen molar-refractivity contribution in [3.8, 4) is 17.2 Å². The van der Waals surface area contributed by atoms with Crippen LogP contribution in [-0.4, -0.2) is 30.7 Å². The predicted molar refractivity (Wildman–Crippen MR) is 132 cm³/mol. The predicted octanol–water partition coefficient (Wildman–Crippen LogP) is 4.19. The number of methoxy groups -OCH3 is 2. The second-order valence-electron chi connectivity index (χ2n) is 8.75. The summed E-state index contributed by atoms with van der Waals surface area (Å²) in [6, 6.07) is 17.3. The van der Waals surface area contributed by atoms with Crippen molar-refractivity contribution in [1.29, 1.82) is 0 Å². The van der Waals surface area contributed by atoms with Gasteiger partial charge in [-0.25, -0.2) is 0 Å². The number of benzene rings is 3. The van der Waals surface area contributed by atoms with E-state index < -0.39 is 0 Å². The van der Waals surface area contributed by atoms with E-state index in [1.54, 1.807) is 33.3 Å². The third kappa shape index (κ3) is 4.28. The number of rotatable bonds is 7. The molecule has 1 aliphatic heterocycles. The van der Waals surface area contributed by atoms with Gasteiger partial charge in [0.2, 0.25) is 0 Å². The van der Waals surface area contributed by atoms with Gasteiger partial charge in [-0.3, -0.25) is 10.1 Å². The number of quaternary nitrogens is 1. The highest BCUT2D eigenvalue weighted by molar-refractivity contribution is 5.86. The van der Waals surface area contributed by atoms with Crippen LogP contribution in [0.4, 0.5) is 5.69 Å². The first kappa shape index (κ1) is 22.7. The Balaban J connectivity index is 1.45. The van der Waals surface area contributed by atoms with E-state index in [1.165, 1.54) is 22.7 Å². The number of nitro groups is 1. The molecule has 0 unspecified atom stereocenters. The summed E-state index contributed by atoms with van der Waals surface area (Å²) in [5.41, 5.74) is 6.37. The Morgan fingerprint density at radius 3 is 2.63 bits per heavy atom. The van der Waals surface area contributed by atoms with E-state index in [2.05, 4.69) is 34.6 Å². The maximum atomic E-state index is 11.1. The van der Waals surface area contributed by atoms with Crippen LogP contribution in [0.2, 0.25) is 0 Å². The van der Waals surface area contributed by atoms with E-state index in [0.717, 1.165) is 41.1 Å². The summed E-state index contributed by atoms with van der Waals surface area (Å²) < 4.78 is 17.0. The normalized spacial score (nSPS) is 15.0. The molecule has 3 aromatic carbocycles. The van der Waals surface area contributed by atoms with Crippen LogP contribution in [0.25, 0.3) is 10.9 Å². The molecular weight excluding hydrogens is 446 g/mol. The molecule has 0 saturated carbocycles. The van der Waals surface area contributed by atoms with Gasteiger partial charge < -0.3 is 24.5 Å². The Bertz CT molecular complexity index is 1410. The maximum Gasteiger partial charge on any atom is 0.272 e. The number of fused-ring (bicyclic) bond motifs is 3. The molecule has 0 bridgehead atoms. The molecule has 8 heteroatoms. The highest BCUT2D eigenvalue weighted by Gasteiger charge is 2.29. The van der Waals surface area contributed by atoms with Crippen LogP contribution >= 0.6 is 0 Å². The maximum absolute atomic E-state index is 11.1. The van der Waals surface area contributed by atoms with Crippen molar-refractivity contribution in [1.82, 2.24) is 4.98 Å². The Labute approximate surface area is 203 Å². The number of nitrogens with zero attached hydrogens (tertiary/aromatic N) is 1. The fourth-order valence-corrected chi connectivity index (χ4v) is 4.91. The zero-order chi connectivity index (χ0) is 24.5. The molecule has 0 saturated heterocycles. The minimum absolute atomic E-state index is 0.0801. The lowest BCUT2D eigenvalue weighted by atomic mass is 9.93. The minimum atomic E-state index is -0.388. The summed E-state index contributed by atoms with van der Waals surface area (Å²) in [5, 5.41) is 14.7. The summed E-state index contributed by atoms with van der Waals surface area (Å²) in [7, 11) is 3.33. The summed E-state index contributed by atoms with van der Waals surface area (Å²) in [5.74, 6) is 2.18. The number of aromatic amines is 1. The standard InChI is InChI=1S/C27H27N3O5/c1-16-12-20(6-8-24(16)30(31)32)35-15-18-13-17(4-9-25(18)34-3)26-27-21(10-11-28-26)22-14-19(33-2)5-7-23(22)29-27/h4-9,12-14,26,28-29H,10-11,15H2,1-3H3/p+1/t26-/m0/s1. The summed E-state index contributed by atoms with van der Waals surface area (Å²) in [6.45, 7) is 2.98. The van der Waals surface area contributed by atoms with Gasteiger partial charge in [-0.05, 0) is 61.0 Å². The van der Waals surface area contributed by atoms with E-state index >= 15 is 0 Å². The second kappa shape index (κ2) is 9.31. The number of nitro benzene ring substituents is 1. The van der Waals surface area contributed by atoms with Gasteiger partial charge in [0.1, 0.15) is 23.9 Å². The SMILES string of the molecule is COc1ccc2[nH]c3c(c2c1)CC[NH2+][C@H]3c1ccc(OC)c(COc2ccc([N+](=O)[O-])c(C)c2)c1. The highest BCUT2D eigenvalue weighted by atomic mass is 16.6. The van der Waals surface area contributed by atoms with E-state index in [4.69, 9.17) is 14.2 Å². The van der Waals surface area contributed by atoms with Gasteiger partial charge >= 0.3 is 0 Å². The molecule has 0 fully saturated rings. The lowest BCUT2D eigenvalue weighted by Crippen LogP contribution is -2.87. The number of aryl methyl sites for hydroxylation is 1. The van der Waals surface area contributed by atoms with Crippen molar-refractivity contribution in [2.75, 3.05) is 20.8 Å². The van der Waals surface area contributed by atoms with Crippen LogP contribution in [0.1, 0.15) is 34.0 Å². The molecular formula is C27H28N3O5+. The number of aromatic nitrogens is 1. The zero-order valence-corrected chi connectivity index (χ0v) is 20.0. The van der Waals surface area contributed by atoms with Gasteiger partial charge in [-0.1, -0.05) is 0 Å². The topological polar surface area (TPSA) is 103 Å². The van der Waals surface area contributed by atoms with Crippen molar-refractivity contribution in [3.63, 3.8) is 0 Å². The van der Waals surface area contributed by atoms with Crippen LogP contribution in [0.5, 0.6) is 17.2 Å². The van der Waals surface area contributed by atoms with E-state index in [1.807, 2.05) is 12.1 Å². The van der Waals surface area contributed by atoms with Gasteiger partial charge in [0.05, 0.1) is 31.4 Å². The molecule has 1 atom stereocenters. The molecule has 4 aromatic rings. The van der Waals surface area contributed by atoms with Crippen LogP contribution in [0.15, 0.2) is 54.6 Å². The molecule has 0 aliphatic carbocycles. The number of ether oxygens (including phenoxy) is 3.